The summed E-state index contributed by atoms with van der Waals surface area (Å²) in [5, 5.41) is 4.53. The minimum atomic E-state index is -0.222. The molecule has 0 spiro atoms. The predicted octanol–water partition coefficient (Wildman–Crippen LogP) is 2.02. The molecule has 1 saturated heterocycles. The van der Waals surface area contributed by atoms with E-state index in [1.807, 2.05) is 16.9 Å². The molecule has 0 atom stereocenters. The van der Waals surface area contributed by atoms with Gasteiger partial charge in [-0.15, -0.1) is 0 Å². The second-order valence-corrected chi connectivity index (χ2v) is 4.92. The number of hydrogen-bond donors (Lipinski definition) is 0. The van der Waals surface area contributed by atoms with Gasteiger partial charge in [0.25, 0.3) is 0 Å². The highest BCUT2D eigenvalue weighted by atomic mass is 19.1. The van der Waals surface area contributed by atoms with Crippen molar-refractivity contribution in [1.82, 2.24) is 14.7 Å². The highest BCUT2D eigenvalue weighted by molar-refractivity contribution is 5.58. The Labute approximate surface area is 117 Å². The standard InChI is InChI=1S/C15H18FN3O/c16-14-3-1-13(2-4-14)15-5-6-19(17-15)8-7-18-9-11-20-12-10-18/h1-6H,7-12H2. The molecule has 0 saturated carbocycles. The third kappa shape index (κ3) is 3.23. The van der Waals surface area contributed by atoms with Crippen molar-refractivity contribution in [2.45, 2.75) is 6.54 Å². The maximum atomic E-state index is 12.9. The molecule has 4 nitrogen and oxygen atoms in total. The molecule has 0 amide bonds. The summed E-state index contributed by atoms with van der Waals surface area (Å²) < 4.78 is 20.2. The number of morpholine rings is 1. The van der Waals surface area contributed by atoms with Gasteiger partial charge in [0, 0.05) is 31.4 Å². The lowest BCUT2D eigenvalue weighted by atomic mass is 10.1. The molecule has 1 aliphatic rings. The summed E-state index contributed by atoms with van der Waals surface area (Å²) in [6.07, 6.45) is 1.97. The molecule has 0 N–H and O–H groups in total. The molecular formula is C15H18FN3O. The zero-order chi connectivity index (χ0) is 13.8. The minimum Gasteiger partial charge on any atom is -0.379 e. The van der Waals surface area contributed by atoms with Gasteiger partial charge in [-0.05, 0) is 30.3 Å². The molecular weight excluding hydrogens is 257 g/mol. The summed E-state index contributed by atoms with van der Waals surface area (Å²) >= 11 is 0. The van der Waals surface area contributed by atoms with E-state index in [1.54, 1.807) is 12.1 Å². The second kappa shape index (κ2) is 6.15. The maximum absolute atomic E-state index is 12.9. The van der Waals surface area contributed by atoms with Crippen LogP contribution in [0.15, 0.2) is 36.5 Å². The fraction of sp³-hybridized carbons (Fsp3) is 0.400. The summed E-state index contributed by atoms with van der Waals surface area (Å²) in [5.41, 5.74) is 1.82. The fourth-order valence-electron chi connectivity index (χ4n) is 2.33. The van der Waals surface area contributed by atoms with Gasteiger partial charge < -0.3 is 4.74 Å². The van der Waals surface area contributed by atoms with E-state index in [2.05, 4.69) is 10.00 Å². The highest BCUT2D eigenvalue weighted by Gasteiger charge is 2.10. The Hall–Kier alpha value is -1.72. The van der Waals surface area contributed by atoms with E-state index >= 15 is 0 Å². The molecule has 1 aromatic heterocycles. The van der Waals surface area contributed by atoms with E-state index in [1.165, 1.54) is 12.1 Å². The molecule has 2 aromatic rings. The zero-order valence-corrected chi connectivity index (χ0v) is 11.3. The number of ether oxygens (including phenoxy) is 1. The first-order chi connectivity index (χ1) is 9.81. The van der Waals surface area contributed by atoms with E-state index in [4.69, 9.17) is 4.74 Å². The summed E-state index contributed by atoms with van der Waals surface area (Å²) in [5.74, 6) is -0.222. The molecule has 1 fully saturated rings. The first kappa shape index (κ1) is 13.3. The van der Waals surface area contributed by atoms with Gasteiger partial charge in [0.1, 0.15) is 5.82 Å². The maximum Gasteiger partial charge on any atom is 0.123 e. The van der Waals surface area contributed by atoms with E-state index in [0.29, 0.717) is 0 Å². The van der Waals surface area contributed by atoms with Gasteiger partial charge in [0.05, 0.1) is 25.5 Å². The lowest BCUT2D eigenvalue weighted by Crippen LogP contribution is -2.38. The average molecular weight is 275 g/mol. The fourth-order valence-corrected chi connectivity index (χ4v) is 2.33. The number of benzene rings is 1. The second-order valence-electron chi connectivity index (χ2n) is 4.92. The SMILES string of the molecule is Fc1ccc(-c2ccn(CCN3CCOCC3)n2)cc1. The van der Waals surface area contributed by atoms with Gasteiger partial charge >= 0.3 is 0 Å². The summed E-state index contributed by atoms with van der Waals surface area (Å²) in [6, 6.07) is 8.39. The van der Waals surface area contributed by atoms with Crippen molar-refractivity contribution in [3.05, 3.63) is 42.3 Å². The predicted molar refractivity (Wildman–Crippen MR) is 74.9 cm³/mol. The van der Waals surface area contributed by atoms with Crippen LogP contribution < -0.4 is 0 Å². The number of hydrogen-bond acceptors (Lipinski definition) is 3. The zero-order valence-electron chi connectivity index (χ0n) is 11.3. The molecule has 5 heteroatoms. The first-order valence-corrected chi connectivity index (χ1v) is 6.91. The molecule has 0 aliphatic carbocycles. The van der Waals surface area contributed by atoms with Crippen molar-refractivity contribution in [3.63, 3.8) is 0 Å². The molecule has 106 valence electrons. The Morgan fingerprint density at radius 2 is 1.80 bits per heavy atom. The Kier molecular flexibility index (Phi) is 4.08. The van der Waals surface area contributed by atoms with Crippen molar-refractivity contribution in [2.75, 3.05) is 32.8 Å². The minimum absolute atomic E-state index is 0.222. The monoisotopic (exact) mass is 275 g/mol. The molecule has 0 radical (unpaired) electrons. The van der Waals surface area contributed by atoms with Gasteiger partial charge in [0.15, 0.2) is 0 Å². The molecule has 0 bridgehead atoms. The lowest BCUT2D eigenvalue weighted by Gasteiger charge is -2.26. The quantitative estimate of drug-likeness (QED) is 0.855. The van der Waals surface area contributed by atoms with Crippen LogP contribution in [0.5, 0.6) is 0 Å². The number of aromatic nitrogens is 2. The van der Waals surface area contributed by atoms with Crippen molar-refractivity contribution >= 4 is 0 Å². The van der Waals surface area contributed by atoms with Crippen molar-refractivity contribution < 1.29 is 9.13 Å². The molecule has 1 aliphatic heterocycles. The summed E-state index contributed by atoms with van der Waals surface area (Å²) in [6.45, 7) is 5.47. The van der Waals surface area contributed by atoms with Crippen molar-refractivity contribution in [1.29, 1.82) is 0 Å². The number of halogens is 1. The Morgan fingerprint density at radius 1 is 1.05 bits per heavy atom. The summed E-state index contributed by atoms with van der Waals surface area (Å²) in [4.78, 5) is 2.38. The topological polar surface area (TPSA) is 30.3 Å². The van der Waals surface area contributed by atoms with Gasteiger partial charge in [0.2, 0.25) is 0 Å². The van der Waals surface area contributed by atoms with E-state index in [0.717, 1.165) is 50.7 Å². The van der Waals surface area contributed by atoms with Crippen LogP contribution in [-0.2, 0) is 11.3 Å². The smallest absolute Gasteiger partial charge is 0.123 e. The Balaban J connectivity index is 1.60. The normalized spacial score (nSPS) is 16.4. The van der Waals surface area contributed by atoms with Crippen LogP contribution in [0.2, 0.25) is 0 Å². The number of nitrogens with zero attached hydrogens (tertiary/aromatic N) is 3. The summed E-state index contributed by atoms with van der Waals surface area (Å²) in [7, 11) is 0. The van der Waals surface area contributed by atoms with Gasteiger partial charge in [-0.2, -0.15) is 5.10 Å². The highest BCUT2D eigenvalue weighted by Crippen LogP contribution is 2.17. The van der Waals surface area contributed by atoms with Gasteiger partial charge in [-0.25, -0.2) is 4.39 Å². The van der Waals surface area contributed by atoms with Crippen LogP contribution in [0.4, 0.5) is 4.39 Å². The van der Waals surface area contributed by atoms with E-state index in [-0.39, 0.29) is 5.82 Å². The first-order valence-electron chi connectivity index (χ1n) is 6.91. The van der Waals surface area contributed by atoms with Crippen LogP contribution in [0.25, 0.3) is 11.3 Å². The molecule has 1 aromatic carbocycles. The van der Waals surface area contributed by atoms with E-state index < -0.39 is 0 Å². The van der Waals surface area contributed by atoms with Crippen LogP contribution >= 0.6 is 0 Å². The van der Waals surface area contributed by atoms with Crippen LogP contribution in [0, 0.1) is 5.82 Å². The number of rotatable bonds is 4. The Bertz CT molecular complexity index is 547. The molecule has 3 rings (SSSR count). The third-order valence-corrected chi connectivity index (χ3v) is 3.53. The lowest BCUT2D eigenvalue weighted by molar-refractivity contribution is 0.0360. The Morgan fingerprint density at radius 3 is 2.55 bits per heavy atom. The largest absolute Gasteiger partial charge is 0.379 e. The molecule has 20 heavy (non-hydrogen) atoms. The molecule has 2 heterocycles. The van der Waals surface area contributed by atoms with Gasteiger partial charge in [-0.3, -0.25) is 9.58 Å². The van der Waals surface area contributed by atoms with Crippen LogP contribution in [0.1, 0.15) is 0 Å². The average Bonchev–Trinajstić information content (AvgIpc) is 2.96. The van der Waals surface area contributed by atoms with E-state index in [9.17, 15) is 4.39 Å². The van der Waals surface area contributed by atoms with Crippen LogP contribution in [0.3, 0.4) is 0 Å². The molecule has 0 unspecified atom stereocenters. The van der Waals surface area contributed by atoms with Crippen LogP contribution in [-0.4, -0.2) is 47.5 Å². The third-order valence-electron chi connectivity index (χ3n) is 3.53. The van der Waals surface area contributed by atoms with Crippen molar-refractivity contribution in [3.8, 4) is 11.3 Å². The van der Waals surface area contributed by atoms with Crippen molar-refractivity contribution in [2.24, 2.45) is 0 Å². The van der Waals surface area contributed by atoms with Gasteiger partial charge in [-0.1, -0.05) is 0 Å².